The van der Waals surface area contributed by atoms with E-state index < -0.39 is 0 Å². The van der Waals surface area contributed by atoms with Crippen molar-refractivity contribution in [3.8, 4) is 0 Å². The molecule has 0 aliphatic carbocycles. The lowest BCUT2D eigenvalue weighted by Crippen LogP contribution is -2.41. The zero-order valence-corrected chi connectivity index (χ0v) is 14.6. The van der Waals surface area contributed by atoms with Crippen molar-refractivity contribution in [3.63, 3.8) is 0 Å². The maximum absolute atomic E-state index is 6.13. The summed E-state index contributed by atoms with van der Waals surface area (Å²) >= 11 is 0. The van der Waals surface area contributed by atoms with Gasteiger partial charge in [0, 0.05) is 12.7 Å². The predicted molar refractivity (Wildman–Crippen MR) is 90.4 cm³/mol. The van der Waals surface area contributed by atoms with Crippen LogP contribution in [0, 0.1) is 0 Å². The van der Waals surface area contributed by atoms with Crippen LogP contribution in [0.25, 0.3) is 0 Å². The van der Waals surface area contributed by atoms with Gasteiger partial charge in [-0.2, -0.15) is 0 Å². The second-order valence-corrected chi connectivity index (χ2v) is 7.89. The molecule has 21 heavy (non-hydrogen) atoms. The van der Waals surface area contributed by atoms with Crippen LogP contribution in [-0.2, 0) is 14.7 Å². The van der Waals surface area contributed by atoms with Crippen molar-refractivity contribution in [1.82, 2.24) is 0 Å². The first-order valence-corrected chi connectivity index (χ1v) is 7.66. The molecule has 4 heteroatoms. The quantitative estimate of drug-likeness (QED) is 0.847. The highest BCUT2D eigenvalue weighted by molar-refractivity contribution is 6.62. The van der Waals surface area contributed by atoms with Gasteiger partial charge in [-0.25, -0.2) is 0 Å². The van der Waals surface area contributed by atoms with E-state index in [0.717, 1.165) is 11.2 Å². The van der Waals surface area contributed by atoms with E-state index >= 15 is 0 Å². The van der Waals surface area contributed by atoms with Crippen molar-refractivity contribution in [2.75, 3.05) is 12.4 Å². The third-order valence-corrected chi connectivity index (χ3v) is 4.65. The lowest BCUT2D eigenvalue weighted by molar-refractivity contribution is 0.00578. The number of anilines is 1. The zero-order valence-electron chi connectivity index (χ0n) is 14.6. The number of rotatable bonds is 2. The minimum absolute atomic E-state index is 0.104. The molecule has 1 N–H and O–H groups in total. The van der Waals surface area contributed by atoms with Gasteiger partial charge in [-0.3, -0.25) is 0 Å². The van der Waals surface area contributed by atoms with E-state index in [9.17, 15) is 0 Å². The van der Waals surface area contributed by atoms with Crippen LogP contribution >= 0.6 is 0 Å². The number of benzene rings is 1. The first-order chi connectivity index (χ1) is 9.48. The van der Waals surface area contributed by atoms with Crippen LogP contribution in [0.15, 0.2) is 18.2 Å². The first-order valence-electron chi connectivity index (χ1n) is 7.66. The molecule has 0 bridgehead atoms. The Labute approximate surface area is 129 Å². The summed E-state index contributed by atoms with van der Waals surface area (Å²) in [4.78, 5) is 0. The highest BCUT2D eigenvalue weighted by Crippen LogP contribution is 2.37. The van der Waals surface area contributed by atoms with Crippen molar-refractivity contribution < 1.29 is 9.31 Å². The third-order valence-electron chi connectivity index (χ3n) is 4.65. The lowest BCUT2D eigenvalue weighted by Gasteiger charge is -2.32. The van der Waals surface area contributed by atoms with Crippen molar-refractivity contribution >= 4 is 18.3 Å². The predicted octanol–water partition coefficient (Wildman–Crippen LogP) is 3.33. The fraction of sp³-hybridized carbons (Fsp3) is 0.647. The molecule has 1 saturated heterocycles. The Balaban J connectivity index is 2.36. The molecule has 0 atom stereocenters. The largest absolute Gasteiger partial charge is 0.494 e. The summed E-state index contributed by atoms with van der Waals surface area (Å²) in [7, 11) is 1.65. The van der Waals surface area contributed by atoms with Crippen molar-refractivity contribution in [2.24, 2.45) is 0 Å². The molecule has 116 valence electrons. The van der Waals surface area contributed by atoms with Crippen molar-refractivity contribution in [3.05, 3.63) is 23.8 Å². The molecule has 1 aliphatic heterocycles. The molecule has 0 unspecified atom stereocenters. The SMILES string of the molecule is CNc1cc(B2OC(C)(C)C(C)(C)O2)ccc1C(C)(C)C. The smallest absolute Gasteiger partial charge is 0.399 e. The third kappa shape index (κ3) is 2.97. The van der Waals surface area contributed by atoms with Crippen molar-refractivity contribution in [1.29, 1.82) is 0 Å². The monoisotopic (exact) mass is 289 g/mol. The summed E-state index contributed by atoms with van der Waals surface area (Å²) < 4.78 is 12.3. The van der Waals surface area contributed by atoms with Gasteiger partial charge in [0.2, 0.25) is 0 Å². The van der Waals surface area contributed by atoms with Gasteiger partial charge >= 0.3 is 7.12 Å². The summed E-state index contributed by atoms with van der Waals surface area (Å²) in [5, 5.41) is 3.30. The molecule has 1 heterocycles. The molecule has 0 spiro atoms. The van der Waals surface area contributed by atoms with Crippen LogP contribution in [0.3, 0.4) is 0 Å². The summed E-state index contributed by atoms with van der Waals surface area (Å²) in [6.07, 6.45) is 0. The average molecular weight is 289 g/mol. The standard InChI is InChI=1S/C17H28BNO2/c1-15(2,3)13-10-9-12(11-14(13)19-8)18-20-16(4,5)17(6,7)21-18/h9-11,19H,1-8H3. The van der Waals surface area contributed by atoms with Crippen LogP contribution in [-0.4, -0.2) is 25.4 Å². The number of hydrogen-bond donors (Lipinski definition) is 1. The Morgan fingerprint density at radius 3 is 1.95 bits per heavy atom. The number of nitrogens with one attached hydrogen (secondary N) is 1. The summed E-state index contributed by atoms with van der Waals surface area (Å²) in [5.74, 6) is 0. The van der Waals surface area contributed by atoms with E-state index in [1.807, 2.05) is 7.05 Å². The van der Waals surface area contributed by atoms with Gasteiger partial charge in [0.15, 0.2) is 0 Å². The van der Waals surface area contributed by atoms with Gasteiger partial charge in [-0.15, -0.1) is 0 Å². The van der Waals surface area contributed by atoms with Gasteiger partial charge in [0.1, 0.15) is 0 Å². The molecular weight excluding hydrogens is 261 g/mol. The molecule has 3 nitrogen and oxygen atoms in total. The van der Waals surface area contributed by atoms with Gasteiger partial charge in [0.05, 0.1) is 11.2 Å². The fourth-order valence-electron chi connectivity index (χ4n) is 2.55. The minimum atomic E-state index is -0.309. The van der Waals surface area contributed by atoms with E-state index in [-0.39, 0.29) is 23.7 Å². The second-order valence-electron chi connectivity index (χ2n) is 7.89. The van der Waals surface area contributed by atoms with Gasteiger partial charge in [0.25, 0.3) is 0 Å². The molecular formula is C17H28BNO2. The van der Waals surface area contributed by atoms with E-state index in [2.05, 4.69) is 72.0 Å². The van der Waals surface area contributed by atoms with Crippen LogP contribution in [0.4, 0.5) is 5.69 Å². The molecule has 1 aliphatic rings. The van der Waals surface area contributed by atoms with Gasteiger partial charge < -0.3 is 14.6 Å². The first kappa shape index (κ1) is 16.4. The Hall–Kier alpha value is -0.995. The maximum Gasteiger partial charge on any atom is 0.494 e. The van der Waals surface area contributed by atoms with Crippen LogP contribution in [0.1, 0.15) is 54.0 Å². The molecule has 2 rings (SSSR count). The molecule has 1 aromatic carbocycles. The maximum atomic E-state index is 6.13. The minimum Gasteiger partial charge on any atom is -0.399 e. The van der Waals surface area contributed by atoms with E-state index in [1.54, 1.807) is 0 Å². The molecule has 0 radical (unpaired) electrons. The van der Waals surface area contributed by atoms with Crippen LogP contribution in [0.5, 0.6) is 0 Å². The molecule has 0 aromatic heterocycles. The fourth-order valence-corrected chi connectivity index (χ4v) is 2.55. The van der Waals surface area contributed by atoms with E-state index in [1.165, 1.54) is 5.56 Å². The highest BCUT2D eigenvalue weighted by Gasteiger charge is 2.51. The molecule has 1 fully saturated rings. The molecule has 0 amide bonds. The second kappa shape index (κ2) is 5.03. The zero-order chi connectivity index (χ0) is 16.1. The van der Waals surface area contributed by atoms with Crippen LogP contribution in [0.2, 0.25) is 0 Å². The Morgan fingerprint density at radius 2 is 1.52 bits per heavy atom. The molecule has 0 saturated carbocycles. The Morgan fingerprint density at radius 1 is 1.00 bits per heavy atom. The van der Waals surface area contributed by atoms with Gasteiger partial charge in [-0.05, 0) is 50.2 Å². The highest BCUT2D eigenvalue weighted by atomic mass is 16.7. The van der Waals surface area contributed by atoms with E-state index in [0.29, 0.717) is 0 Å². The normalized spacial score (nSPS) is 20.7. The average Bonchev–Trinajstić information content (AvgIpc) is 2.56. The lowest BCUT2D eigenvalue weighted by atomic mass is 9.76. The topological polar surface area (TPSA) is 30.5 Å². The Kier molecular flexibility index (Phi) is 3.92. The molecule has 1 aromatic rings. The summed E-state index contributed by atoms with van der Waals surface area (Å²) in [6.45, 7) is 15.0. The van der Waals surface area contributed by atoms with Crippen LogP contribution < -0.4 is 10.8 Å². The summed E-state index contributed by atoms with van der Waals surface area (Å²) in [6, 6.07) is 6.43. The summed E-state index contributed by atoms with van der Waals surface area (Å²) in [5.41, 5.74) is 2.98. The van der Waals surface area contributed by atoms with Crippen molar-refractivity contribution in [2.45, 2.75) is 65.1 Å². The number of hydrogen-bond acceptors (Lipinski definition) is 3. The van der Waals surface area contributed by atoms with E-state index in [4.69, 9.17) is 9.31 Å². The Bertz CT molecular complexity index is 516. The van der Waals surface area contributed by atoms with Gasteiger partial charge in [-0.1, -0.05) is 32.9 Å².